The van der Waals surface area contributed by atoms with Gasteiger partial charge >= 0.3 is 0 Å². The lowest BCUT2D eigenvalue weighted by atomic mass is 9.97. The van der Waals surface area contributed by atoms with E-state index in [1.807, 2.05) is 23.1 Å². The van der Waals surface area contributed by atoms with E-state index in [1.165, 1.54) is 22.3 Å². The van der Waals surface area contributed by atoms with Crippen LogP contribution in [0.2, 0.25) is 0 Å². The minimum atomic E-state index is 0.261. The molecule has 0 radical (unpaired) electrons. The second kappa shape index (κ2) is 10.2. The number of hydrogen-bond donors (Lipinski definition) is 0. The van der Waals surface area contributed by atoms with Crippen molar-refractivity contribution in [1.82, 2.24) is 14.9 Å². The van der Waals surface area contributed by atoms with E-state index in [2.05, 4.69) is 62.9 Å². The summed E-state index contributed by atoms with van der Waals surface area (Å²) < 4.78 is 0. The van der Waals surface area contributed by atoms with Crippen molar-refractivity contribution in [3.05, 3.63) is 76.5 Å². The molecule has 2 heterocycles. The molecule has 0 atom stereocenters. The normalized spacial score (nSPS) is 13.9. The number of anilines is 1. The minimum Gasteiger partial charge on any atom is -0.353 e. The van der Waals surface area contributed by atoms with Crippen LogP contribution in [0.1, 0.15) is 47.7 Å². The number of carbonyl (C=O) groups excluding carboxylic acids is 1. The molecule has 1 aliphatic heterocycles. The van der Waals surface area contributed by atoms with E-state index in [9.17, 15) is 4.79 Å². The Labute approximate surface area is 197 Å². The standard InChI is InChI=1S/C28H34N4O/c1-5-9-26(33)31-14-16-32(17-15-31)28-25(19-24-18-20(2)12-13-21(24)3)22(4)29-27(30-28)23-10-7-6-8-11-23/h6-8,10-13,18H,5,9,14-17,19H2,1-4H3. The van der Waals surface area contributed by atoms with E-state index in [0.29, 0.717) is 6.42 Å². The third-order valence-electron chi connectivity index (χ3n) is 6.49. The molecule has 5 heteroatoms. The average Bonchev–Trinajstić information content (AvgIpc) is 2.83. The SMILES string of the molecule is CCCC(=O)N1CCN(c2nc(-c3ccccc3)nc(C)c2Cc2cc(C)ccc2C)CC1. The number of piperazine rings is 1. The first-order valence-corrected chi connectivity index (χ1v) is 12.0. The van der Waals surface area contributed by atoms with E-state index in [1.54, 1.807) is 0 Å². The highest BCUT2D eigenvalue weighted by Crippen LogP contribution is 2.29. The number of carbonyl (C=O) groups is 1. The number of nitrogens with zero attached hydrogens (tertiary/aromatic N) is 4. The zero-order chi connectivity index (χ0) is 23.4. The van der Waals surface area contributed by atoms with Crippen LogP contribution in [-0.2, 0) is 11.2 Å². The van der Waals surface area contributed by atoms with Gasteiger partial charge in [0.2, 0.25) is 5.91 Å². The number of amides is 1. The smallest absolute Gasteiger partial charge is 0.222 e. The molecule has 5 nitrogen and oxygen atoms in total. The van der Waals surface area contributed by atoms with Gasteiger partial charge in [0, 0.05) is 55.8 Å². The Hall–Kier alpha value is -3.21. The summed E-state index contributed by atoms with van der Waals surface area (Å²) in [5.74, 6) is 2.03. The van der Waals surface area contributed by atoms with Crippen LogP contribution >= 0.6 is 0 Å². The van der Waals surface area contributed by atoms with Gasteiger partial charge in [-0.25, -0.2) is 9.97 Å². The first kappa shape index (κ1) is 23.0. The molecular formula is C28H34N4O. The highest BCUT2D eigenvalue weighted by Gasteiger charge is 2.25. The molecule has 1 saturated heterocycles. The van der Waals surface area contributed by atoms with Crippen LogP contribution in [0.25, 0.3) is 11.4 Å². The lowest BCUT2D eigenvalue weighted by Crippen LogP contribution is -2.49. The molecule has 0 N–H and O–H groups in total. The summed E-state index contributed by atoms with van der Waals surface area (Å²) in [6.07, 6.45) is 2.33. The van der Waals surface area contributed by atoms with Gasteiger partial charge in [-0.05, 0) is 38.3 Å². The second-order valence-electron chi connectivity index (χ2n) is 9.03. The molecule has 172 valence electrons. The van der Waals surface area contributed by atoms with E-state index >= 15 is 0 Å². The van der Waals surface area contributed by atoms with Gasteiger partial charge in [-0.3, -0.25) is 4.79 Å². The minimum absolute atomic E-state index is 0.261. The van der Waals surface area contributed by atoms with Crippen LogP contribution in [-0.4, -0.2) is 47.0 Å². The van der Waals surface area contributed by atoms with Crippen LogP contribution in [0.5, 0.6) is 0 Å². The molecule has 4 rings (SSSR count). The largest absolute Gasteiger partial charge is 0.353 e. The molecule has 0 spiro atoms. The van der Waals surface area contributed by atoms with E-state index in [0.717, 1.165) is 61.9 Å². The van der Waals surface area contributed by atoms with Gasteiger partial charge < -0.3 is 9.80 Å². The van der Waals surface area contributed by atoms with E-state index in [-0.39, 0.29) is 5.91 Å². The lowest BCUT2D eigenvalue weighted by Gasteiger charge is -2.36. The number of aryl methyl sites for hydroxylation is 3. The van der Waals surface area contributed by atoms with Crippen molar-refractivity contribution in [3.63, 3.8) is 0 Å². The average molecular weight is 443 g/mol. The summed E-state index contributed by atoms with van der Waals surface area (Å²) in [5.41, 5.74) is 7.08. The topological polar surface area (TPSA) is 49.3 Å². The molecule has 1 aromatic heterocycles. The monoisotopic (exact) mass is 442 g/mol. The molecule has 2 aromatic carbocycles. The van der Waals surface area contributed by atoms with Gasteiger partial charge in [0.25, 0.3) is 0 Å². The van der Waals surface area contributed by atoms with Crippen molar-refractivity contribution >= 4 is 11.7 Å². The predicted molar refractivity (Wildman–Crippen MR) is 135 cm³/mol. The maximum atomic E-state index is 12.4. The fourth-order valence-corrected chi connectivity index (χ4v) is 4.49. The van der Waals surface area contributed by atoms with Gasteiger partial charge in [-0.1, -0.05) is 61.0 Å². The fourth-order valence-electron chi connectivity index (χ4n) is 4.49. The van der Waals surface area contributed by atoms with Crippen LogP contribution in [0.4, 0.5) is 5.82 Å². The van der Waals surface area contributed by atoms with Crippen molar-refractivity contribution in [3.8, 4) is 11.4 Å². The summed E-state index contributed by atoms with van der Waals surface area (Å²) in [6.45, 7) is 11.5. The lowest BCUT2D eigenvalue weighted by molar-refractivity contribution is -0.131. The zero-order valence-electron chi connectivity index (χ0n) is 20.3. The van der Waals surface area contributed by atoms with Crippen LogP contribution < -0.4 is 4.90 Å². The maximum absolute atomic E-state index is 12.4. The second-order valence-corrected chi connectivity index (χ2v) is 9.03. The van der Waals surface area contributed by atoms with Gasteiger partial charge in [0.15, 0.2) is 5.82 Å². The Morgan fingerprint density at radius 3 is 2.36 bits per heavy atom. The summed E-state index contributed by atoms with van der Waals surface area (Å²) in [5, 5.41) is 0. The van der Waals surface area contributed by atoms with Gasteiger partial charge in [-0.2, -0.15) is 0 Å². The Morgan fingerprint density at radius 1 is 0.939 bits per heavy atom. The maximum Gasteiger partial charge on any atom is 0.222 e. The summed E-state index contributed by atoms with van der Waals surface area (Å²) >= 11 is 0. The molecule has 33 heavy (non-hydrogen) atoms. The molecular weight excluding hydrogens is 408 g/mol. The van der Waals surface area contributed by atoms with Gasteiger partial charge in [0.05, 0.1) is 0 Å². The molecule has 1 fully saturated rings. The van der Waals surface area contributed by atoms with Crippen molar-refractivity contribution < 1.29 is 4.79 Å². The summed E-state index contributed by atoms with van der Waals surface area (Å²) in [7, 11) is 0. The number of hydrogen-bond acceptors (Lipinski definition) is 4. The first-order valence-electron chi connectivity index (χ1n) is 12.0. The third kappa shape index (κ3) is 5.24. The molecule has 1 aliphatic rings. The Kier molecular flexibility index (Phi) is 7.07. The van der Waals surface area contributed by atoms with Crippen LogP contribution in [0.15, 0.2) is 48.5 Å². The van der Waals surface area contributed by atoms with Crippen molar-refractivity contribution in [2.24, 2.45) is 0 Å². The van der Waals surface area contributed by atoms with Crippen molar-refractivity contribution in [2.45, 2.75) is 47.0 Å². The summed E-state index contributed by atoms with van der Waals surface area (Å²) in [6, 6.07) is 16.8. The van der Waals surface area contributed by atoms with Crippen LogP contribution in [0, 0.1) is 20.8 Å². The highest BCUT2D eigenvalue weighted by molar-refractivity contribution is 5.76. The van der Waals surface area contributed by atoms with Crippen molar-refractivity contribution in [1.29, 1.82) is 0 Å². The molecule has 0 aliphatic carbocycles. The molecule has 0 bridgehead atoms. The predicted octanol–water partition coefficient (Wildman–Crippen LogP) is 5.11. The number of aromatic nitrogens is 2. The zero-order valence-corrected chi connectivity index (χ0v) is 20.3. The van der Waals surface area contributed by atoms with Gasteiger partial charge in [0.1, 0.15) is 5.82 Å². The quantitative estimate of drug-likeness (QED) is 0.532. The third-order valence-corrected chi connectivity index (χ3v) is 6.49. The summed E-state index contributed by atoms with van der Waals surface area (Å²) in [4.78, 5) is 26.7. The Morgan fingerprint density at radius 2 is 1.67 bits per heavy atom. The highest BCUT2D eigenvalue weighted by atomic mass is 16.2. The number of rotatable bonds is 6. The van der Waals surface area contributed by atoms with E-state index in [4.69, 9.17) is 9.97 Å². The molecule has 0 unspecified atom stereocenters. The fraction of sp³-hybridized carbons (Fsp3) is 0.393. The molecule has 0 saturated carbocycles. The number of benzene rings is 2. The molecule has 1 amide bonds. The Bertz CT molecular complexity index is 1120. The first-order chi connectivity index (χ1) is 16.0. The molecule has 3 aromatic rings. The Balaban J connectivity index is 1.70. The van der Waals surface area contributed by atoms with E-state index < -0.39 is 0 Å². The van der Waals surface area contributed by atoms with Crippen molar-refractivity contribution in [2.75, 3.05) is 31.1 Å². The van der Waals surface area contributed by atoms with Gasteiger partial charge in [-0.15, -0.1) is 0 Å². The van der Waals surface area contributed by atoms with Crippen LogP contribution in [0.3, 0.4) is 0 Å².